The normalized spacial score (nSPS) is 12.1. The summed E-state index contributed by atoms with van der Waals surface area (Å²) in [5.74, 6) is 2.99. The molecule has 54 heavy (non-hydrogen) atoms. The van der Waals surface area contributed by atoms with E-state index in [9.17, 15) is 0 Å². The van der Waals surface area contributed by atoms with Crippen molar-refractivity contribution in [2.24, 2.45) is 0 Å². The average Bonchev–Trinajstić information content (AvgIpc) is 3.78. The van der Waals surface area contributed by atoms with Crippen LogP contribution in [0.25, 0.3) is 0 Å². The summed E-state index contributed by atoms with van der Waals surface area (Å²) in [5.41, 5.74) is 7.13. The number of rotatable bonds is 0. The Bertz CT molecular complexity index is 1470. The first-order valence-electron chi connectivity index (χ1n) is 18.4. The van der Waals surface area contributed by atoms with Crippen LogP contribution in [0.1, 0.15) is 182 Å². The number of aryl methyl sites for hydroxylation is 4. The van der Waals surface area contributed by atoms with Crippen LogP contribution < -0.4 is 25.5 Å². The molecule has 5 heterocycles. The van der Waals surface area contributed by atoms with E-state index < -0.39 is 0 Å². The van der Waals surface area contributed by atoms with E-state index in [-0.39, 0.29) is 54.9 Å². The van der Waals surface area contributed by atoms with E-state index in [1.807, 2.05) is 27.7 Å². The first kappa shape index (κ1) is 50.7. The van der Waals surface area contributed by atoms with E-state index in [0.29, 0.717) is 0 Å². The van der Waals surface area contributed by atoms with E-state index >= 15 is 0 Å². The standard InChI is InChI=1S/3C11H19N2.2C4H6N3.Nb/c3*1-10(2,3)8-7-9(13-12-8)11(4,5)6;2*1-3-5-4(2)7-6-3;/h3*7H,1-6H3;2*1-2H3;/q5*-1;+5. The fourth-order valence-electron chi connectivity index (χ4n) is 3.93. The Kier molecular flexibility index (Phi) is 18.3. The Hall–Kier alpha value is -3.35. The Balaban J connectivity index is 0.000000662. The van der Waals surface area contributed by atoms with Gasteiger partial charge in [-0.3, -0.25) is 10.2 Å². The molecule has 0 spiro atoms. The maximum absolute atomic E-state index is 4.20. The van der Waals surface area contributed by atoms with Gasteiger partial charge in [0.2, 0.25) is 0 Å². The molecule has 5 aromatic heterocycles. The molecular weight excluding hydrogens is 753 g/mol. The van der Waals surface area contributed by atoms with Crippen molar-refractivity contribution in [3.63, 3.8) is 0 Å². The van der Waals surface area contributed by atoms with Gasteiger partial charge in [-0.15, -0.1) is 17.1 Å². The Labute approximate surface area is 342 Å². The molecule has 0 amide bonds. The van der Waals surface area contributed by atoms with Crippen molar-refractivity contribution in [3.05, 3.63) is 75.7 Å². The number of nitrogens with zero attached hydrogens (tertiary/aromatic N) is 12. The molecule has 0 saturated carbocycles. The maximum Gasteiger partial charge on any atom is 5.00 e. The molecule has 0 aliphatic carbocycles. The summed E-state index contributed by atoms with van der Waals surface area (Å²) in [7, 11) is 0. The van der Waals surface area contributed by atoms with Crippen molar-refractivity contribution in [2.75, 3.05) is 0 Å². The van der Waals surface area contributed by atoms with Crippen LogP contribution in [0, 0.1) is 27.7 Å². The second-order valence-corrected chi connectivity index (χ2v) is 19.7. The molecule has 0 unspecified atom stereocenters. The largest absolute Gasteiger partial charge is 5.00 e. The molecule has 0 aliphatic rings. The third-order valence-electron chi connectivity index (χ3n) is 7.55. The van der Waals surface area contributed by atoms with Gasteiger partial charge >= 0.3 is 22.4 Å². The molecule has 0 atom stereocenters. The molecule has 5 aromatic rings. The molecule has 0 fully saturated rings. The second kappa shape index (κ2) is 19.5. The monoisotopic (exact) mass is 822 g/mol. The van der Waals surface area contributed by atoms with Gasteiger partial charge in [0, 0.05) is 45.0 Å². The Morgan fingerprint density at radius 1 is 0.333 bits per heavy atom. The van der Waals surface area contributed by atoms with Crippen molar-refractivity contribution in [2.45, 2.75) is 185 Å². The smallest absolute Gasteiger partial charge is 0.578 e. The quantitative estimate of drug-likeness (QED) is 0.139. The zero-order valence-corrected chi connectivity index (χ0v) is 39.7. The predicted molar refractivity (Wildman–Crippen MR) is 215 cm³/mol. The molecule has 0 radical (unpaired) electrons. The van der Waals surface area contributed by atoms with Gasteiger partial charge in [-0.25, -0.2) is 0 Å². The summed E-state index contributed by atoms with van der Waals surface area (Å²) in [6, 6.07) is 6.33. The van der Waals surface area contributed by atoms with Crippen LogP contribution in [0.15, 0.2) is 18.2 Å². The molecule has 298 valence electrons. The van der Waals surface area contributed by atoms with Crippen LogP contribution in [0.4, 0.5) is 0 Å². The van der Waals surface area contributed by atoms with E-state index in [1.165, 1.54) is 0 Å². The summed E-state index contributed by atoms with van der Waals surface area (Å²) in [6.45, 7) is 46.1. The van der Waals surface area contributed by atoms with Gasteiger partial charge < -0.3 is 50.8 Å². The van der Waals surface area contributed by atoms with Gasteiger partial charge in [0.05, 0.1) is 0 Å². The van der Waals surface area contributed by atoms with E-state index in [0.717, 1.165) is 57.5 Å². The van der Waals surface area contributed by atoms with Crippen molar-refractivity contribution in [1.29, 1.82) is 0 Å². The minimum Gasteiger partial charge on any atom is -0.578 e. The third kappa shape index (κ3) is 18.3. The van der Waals surface area contributed by atoms with E-state index in [2.05, 4.69) is 204 Å². The second-order valence-electron chi connectivity index (χ2n) is 19.7. The van der Waals surface area contributed by atoms with Crippen molar-refractivity contribution >= 4 is 0 Å². The number of hydrogen-bond acceptors (Lipinski definition) is 7. The Morgan fingerprint density at radius 3 is 0.630 bits per heavy atom. The molecule has 13 heteroatoms. The third-order valence-corrected chi connectivity index (χ3v) is 7.55. The van der Waals surface area contributed by atoms with Crippen molar-refractivity contribution < 1.29 is 22.4 Å². The summed E-state index contributed by atoms with van der Waals surface area (Å²) >= 11 is 0. The maximum atomic E-state index is 4.20. The molecule has 12 nitrogen and oxygen atoms in total. The zero-order valence-electron chi connectivity index (χ0n) is 37.5. The van der Waals surface area contributed by atoms with Gasteiger partial charge in [0.1, 0.15) is 0 Å². The van der Waals surface area contributed by atoms with Crippen LogP contribution in [-0.4, -0.2) is 35.5 Å². The molecule has 5 rings (SSSR count). The summed E-state index contributed by atoms with van der Waals surface area (Å²) < 4.78 is 0. The fourth-order valence-corrected chi connectivity index (χ4v) is 3.93. The Morgan fingerprint density at radius 2 is 0.556 bits per heavy atom. The molecule has 0 aromatic carbocycles. The fraction of sp³-hybridized carbons (Fsp3) is 0.683. The van der Waals surface area contributed by atoms with Gasteiger partial charge in [-0.1, -0.05) is 154 Å². The predicted octanol–water partition coefficient (Wildman–Crippen LogP) is 8.00. The number of aromatic nitrogens is 12. The number of hydrogen-bond donors (Lipinski definition) is 0. The van der Waals surface area contributed by atoms with Gasteiger partial charge in [0.25, 0.3) is 0 Å². The van der Waals surface area contributed by atoms with Crippen LogP contribution in [0.3, 0.4) is 0 Å². The zero-order chi connectivity index (χ0) is 41.4. The average molecular weight is 823 g/mol. The van der Waals surface area contributed by atoms with Gasteiger partial charge in [-0.05, 0) is 43.9 Å². The molecule has 0 N–H and O–H groups in total. The molecular formula is C41H69N12Nb. The first-order valence-corrected chi connectivity index (χ1v) is 18.4. The van der Waals surface area contributed by atoms with Crippen LogP contribution >= 0.6 is 0 Å². The summed E-state index contributed by atoms with van der Waals surface area (Å²) in [4.78, 5) is 7.78. The molecule has 0 bridgehead atoms. The van der Waals surface area contributed by atoms with E-state index in [1.54, 1.807) is 0 Å². The van der Waals surface area contributed by atoms with E-state index in [4.69, 9.17) is 0 Å². The summed E-state index contributed by atoms with van der Waals surface area (Å²) in [6.07, 6.45) is 0. The van der Waals surface area contributed by atoms with Crippen molar-refractivity contribution in [1.82, 2.24) is 61.0 Å². The van der Waals surface area contributed by atoms with Gasteiger partial charge in [0.15, 0.2) is 0 Å². The van der Waals surface area contributed by atoms with Crippen LogP contribution in [-0.2, 0) is 54.9 Å². The van der Waals surface area contributed by atoms with Gasteiger partial charge in [-0.2, -0.15) is 0 Å². The minimum absolute atomic E-state index is 0. The molecule has 0 saturated heterocycles. The molecule has 0 aliphatic heterocycles. The minimum atomic E-state index is 0. The topological polar surface area (TPSA) is 161 Å². The first-order chi connectivity index (χ1) is 23.7. The van der Waals surface area contributed by atoms with Crippen molar-refractivity contribution in [3.8, 4) is 0 Å². The SMILES string of the molecule is CC(C)(C)c1cc(C(C)(C)C)[n-]n1.CC(C)(C)c1cc(C(C)(C)C)[n-]n1.CC(C)(C)c1cc(C(C)(C)C)[n-]n1.Cc1n[n-]c(C)n1.Cc1n[n-]c(C)n1.[Nb+5]. The summed E-state index contributed by atoms with van der Waals surface area (Å²) in [5, 5.41) is 39.8. The van der Waals surface area contributed by atoms with Crippen LogP contribution in [0.2, 0.25) is 0 Å². The van der Waals surface area contributed by atoms with Crippen LogP contribution in [0.5, 0.6) is 0 Å².